The van der Waals surface area contributed by atoms with Crippen LogP contribution in [0.25, 0.3) is 5.69 Å². The molecule has 0 saturated carbocycles. The van der Waals surface area contributed by atoms with E-state index >= 15 is 0 Å². The first kappa shape index (κ1) is 16.9. The molecule has 2 heterocycles. The third-order valence-electron chi connectivity index (χ3n) is 4.33. The molecule has 2 atom stereocenters. The van der Waals surface area contributed by atoms with Gasteiger partial charge in [-0.05, 0) is 55.7 Å². The lowest BCUT2D eigenvalue weighted by molar-refractivity contribution is -0.134. The average Bonchev–Trinajstić information content (AvgIpc) is 3.01. The molecule has 1 aliphatic rings. The highest BCUT2D eigenvalue weighted by Gasteiger charge is 2.29. The second kappa shape index (κ2) is 7.29. The Kier molecular flexibility index (Phi) is 5.13. The molecule has 1 amide bonds. The summed E-state index contributed by atoms with van der Waals surface area (Å²) < 4.78 is 15.3. The molecule has 0 aliphatic carbocycles. The summed E-state index contributed by atoms with van der Waals surface area (Å²) in [4.78, 5) is 14.5. The Morgan fingerprint density at radius 2 is 2.00 bits per heavy atom. The number of hydrogen-bond acceptors (Lipinski definition) is 5. The van der Waals surface area contributed by atoms with Crippen molar-refractivity contribution in [3.05, 3.63) is 30.1 Å². The van der Waals surface area contributed by atoms with Crippen molar-refractivity contribution in [2.24, 2.45) is 0 Å². The molecule has 1 saturated heterocycles. The lowest BCUT2D eigenvalue weighted by atomic mass is 9.98. The van der Waals surface area contributed by atoms with E-state index in [0.29, 0.717) is 5.16 Å². The van der Waals surface area contributed by atoms with E-state index < -0.39 is 5.82 Å². The van der Waals surface area contributed by atoms with Gasteiger partial charge in [-0.15, -0.1) is 5.10 Å². The molecule has 2 unspecified atom stereocenters. The van der Waals surface area contributed by atoms with E-state index in [1.165, 1.54) is 22.5 Å². The van der Waals surface area contributed by atoms with Crippen molar-refractivity contribution in [1.29, 1.82) is 0 Å². The zero-order valence-corrected chi connectivity index (χ0v) is 14.5. The van der Waals surface area contributed by atoms with Crippen molar-refractivity contribution in [2.45, 2.75) is 50.4 Å². The second-order valence-electron chi connectivity index (χ2n) is 6.04. The predicted molar refractivity (Wildman–Crippen MR) is 89.5 cm³/mol. The Balaban J connectivity index is 1.71. The van der Waals surface area contributed by atoms with Gasteiger partial charge >= 0.3 is 0 Å². The van der Waals surface area contributed by atoms with Crippen molar-refractivity contribution in [2.75, 3.05) is 5.75 Å². The first-order chi connectivity index (χ1) is 11.6. The smallest absolute Gasteiger partial charge is 0.233 e. The highest BCUT2D eigenvalue weighted by atomic mass is 32.2. The summed E-state index contributed by atoms with van der Waals surface area (Å²) in [7, 11) is 0. The topological polar surface area (TPSA) is 63.9 Å². The summed E-state index contributed by atoms with van der Waals surface area (Å²) in [5, 5.41) is 11.8. The second-order valence-corrected chi connectivity index (χ2v) is 6.99. The third kappa shape index (κ3) is 3.43. The molecule has 1 fully saturated rings. The summed E-state index contributed by atoms with van der Waals surface area (Å²) in [6, 6.07) is 6.80. The van der Waals surface area contributed by atoms with E-state index in [1.54, 1.807) is 18.2 Å². The maximum absolute atomic E-state index is 13.9. The van der Waals surface area contributed by atoms with Crippen LogP contribution in [0.15, 0.2) is 29.4 Å². The zero-order valence-electron chi connectivity index (χ0n) is 13.7. The lowest BCUT2D eigenvalue weighted by Crippen LogP contribution is -2.48. The Hall–Kier alpha value is -1.96. The van der Waals surface area contributed by atoms with Crippen molar-refractivity contribution in [3.63, 3.8) is 0 Å². The van der Waals surface area contributed by atoms with Gasteiger partial charge in [-0.3, -0.25) is 4.79 Å². The molecule has 1 aliphatic heterocycles. The number of amides is 1. The van der Waals surface area contributed by atoms with Crippen LogP contribution < -0.4 is 0 Å². The van der Waals surface area contributed by atoms with Gasteiger partial charge in [-0.1, -0.05) is 23.9 Å². The van der Waals surface area contributed by atoms with E-state index in [2.05, 4.69) is 29.4 Å². The quantitative estimate of drug-likeness (QED) is 0.794. The van der Waals surface area contributed by atoms with Crippen LogP contribution >= 0.6 is 11.8 Å². The van der Waals surface area contributed by atoms with Crippen molar-refractivity contribution < 1.29 is 9.18 Å². The highest BCUT2D eigenvalue weighted by Crippen LogP contribution is 2.25. The molecule has 1 aromatic heterocycles. The van der Waals surface area contributed by atoms with E-state index in [9.17, 15) is 9.18 Å². The van der Waals surface area contributed by atoms with Crippen LogP contribution in [0.5, 0.6) is 0 Å². The van der Waals surface area contributed by atoms with Gasteiger partial charge in [-0.25, -0.2) is 4.39 Å². The van der Waals surface area contributed by atoms with Crippen molar-refractivity contribution >= 4 is 17.7 Å². The number of carbonyl (C=O) groups is 1. The number of thioether (sulfide) groups is 1. The maximum atomic E-state index is 13.9. The van der Waals surface area contributed by atoms with E-state index in [1.807, 2.05) is 4.90 Å². The molecule has 0 bridgehead atoms. The zero-order chi connectivity index (χ0) is 17.1. The van der Waals surface area contributed by atoms with Gasteiger partial charge in [0.1, 0.15) is 11.5 Å². The third-order valence-corrected chi connectivity index (χ3v) is 5.23. The highest BCUT2D eigenvalue weighted by molar-refractivity contribution is 7.99. The minimum atomic E-state index is -0.406. The van der Waals surface area contributed by atoms with Gasteiger partial charge in [0.25, 0.3) is 0 Å². The number of piperidine rings is 1. The fourth-order valence-corrected chi connectivity index (χ4v) is 3.91. The minimum absolute atomic E-state index is 0.0720. The SMILES string of the molecule is CC1CCCC(C)N1C(=O)CSc1nnnn1-c1ccccc1F. The van der Waals surface area contributed by atoms with Crippen LogP contribution in [-0.2, 0) is 4.79 Å². The number of para-hydroxylation sites is 1. The summed E-state index contributed by atoms with van der Waals surface area (Å²) in [5.41, 5.74) is 0.275. The van der Waals surface area contributed by atoms with E-state index in [0.717, 1.165) is 19.3 Å². The van der Waals surface area contributed by atoms with Crippen LogP contribution in [0.3, 0.4) is 0 Å². The molecular formula is C16H20FN5OS. The molecule has 24 heavy (non-hydrogen) atoms. The van der Waals surface area contributed by atoms with Gasteiger partial charge in [0.05, 0.1) is 5.75 Å². The summed E-state index contributed by atoms with van der Waals surface area (Å²) >= 11 is 1.23. The molecular weight excluding hydrogens is 329 g/mol. The van der Waals surface area contributed by atoms with E-state index in [-0.39, 0.29) is 29.4 Å². The van der Waals surface area contributed by atoms with Gasteiger partial charge < -0.3 is 4.90 Å². The van der Waals surface area contributed by atoms with Crippen LogP contribution in [0.2, 0.25) is 0 Å². The fourth-order valence-electron chi connectivity index (χ4n) is 3.16. The predicted octanol–water partition coefficient (Wildman–Crippen LogP) is 2.68. The fraction of sp³-hybridized carbons (Fsp3) is 0.500. The molecule has 3 rings (SSSR count). The largest absolute Gasteiger partial charge is 0.337 e. The number of benzene rings is 1. The van der Waals surface area contributed by atoms with Crippen molar-refractivity contribution in [3.8, 4) is 5.69 Å². The van der Waals surface area contributed by atoms with Crippen molar-refractivity contribution in [1.82, 2.24) is 25.1 Å². The van der Waals surface area contributed by atoms with Crippen LogP contribution in [-0.4, -0.2) is 48.9 Å². The molecule has 8 heteroatoms. The van der Waals surface area contributed by atoms with Crippen LogP contribution in [0.4, 0.5) is 4.39 Å². The summed E-state index contributed by atoms with van der Waals surface area (Å²) in [5.74, 6) is -0.0946. The molecule has 1 aromatic carbocycles. The number of aromatic nitrogens is 4. The molecule has 0 spiro atoms. The number of likely N-dealkylation sites (tertiary alicyclic amines) is 1. The number of tetrazole rings is 1. The first-order valence-electron chi connectivity index (χ1n) is 8.05. The number of rotatable bonds is 4. The monoisotopic (exact) mass is 349 g/mol. The van der Waals surface area contributed by atoms with Crippen LogP contribution in [0, 0.1) is 5.82 Å². The summed E-state index contributed by atoms with van der Waals surface area (Å²) in [6.45, 7) is 4.17. The summed E-state index contributed by atoms with van der Waals surface area (Å²) in [6.07, 6.45) is 3.23. The molecule has 0 radical (unpaired) electrons. The van der Waals surface area contributed by atoms with Gasteiger partial charge in [0.15, 0.2) is 0 Å². The normalized spacial score (nSPS) is 21.0. The Bertz CT molecular complexity index is 712. The van der Waals surface area contributed by atoms with E-state index in [4.69, 9.17) is 0 Å². The molecule has 6 nitrogen and oxygen atoms in total. The number of hydrogen-bond donors (Lipinski definition) is 0. The standard InChI is InChI=1S/C16H20FN5OS/c1-11-6-5-7-12(2)21(11)15(23)10-24-16-18-19-20-22(16)14-9-4-3-8-13(14)17/h3-4,8-9,11-12H,5-7,10H2,1-2H3. The van der Waals surface area contributed by atoms with Crippen LogP contribution in [0.1, 0.15) is 33.1 Å². The van der Waals surface area contributed by atoms with Gasteiger partial charge in [-0.2, -0.15) is 4.68 Å². The average molecular weight is 349 g/mol. The Labute approximate surface area is 144 Å². The molecule has 128 valence electrons. The number of nitrogens with zero attached hydrogens (tertiary/aromatic N) is 5. The minimum Gasteiger partial charge on any atom is -0.337 e. The van der Waals surface area contributed by atoms with Gasteiger partial charge in [0, 0.05) is 12.1 Å². The first-order valence-corrected chi connectivity index (χ1v) is 9.03. The number of carbonyl (C=O) groups excluding carboxylic acids is 1. The van der Waals surface area contributed by atoms with Gasteiger partial charge in [0.2, 0.25) is 11.1 Å². The Morgan fingerprint density at radius 3 is 2.71 bits per heavy atom. The molecule has 0 N–H and O–H groups in total. The molecule has 2 aromatic rings. The Morgan fingerprint density at radius 1 is 1.29 bits per heavy atom. The maximum Gasteiger partial charge on any atom is 0.233 e. The lowest BCUT2D eigenvalue weighted by Gasteiger charge is -2.39. The number of halogens is 1.